The lowest BCUT2D eigenvalue weighted by atomic mass is 10.00. The number of rotatable bonds is 2. The van der Waals surface area contributed by atoms with Crippen LogP contribution in [-0.2, 0) is 4.74 Å². The van der Waals surface area contributed by atoms with Gasteiger partial charge in [0.05, 0.1) is 17.8 Å². The van der Waals surface area contributed by atoms with Crippen LogP contribution in [0.3, 0.4) is 0 Å². The second kappa shape index (κ2) is 3.51. The molecule has 1 fully saturated rings. The van der Waals surface area contributed by atoms with Crippen molar-refractivity contribution in [2.45, 2.75) is 12.5 Å². The minimum Gasteiger partial charge on any atom is -0.386 e. The monoisotopic (exact) mass is 185 g/mol. The summed E-state index contributed by atoms with van der Waals surface area (Å²) >= 11 is 1.51. The second-order valence-corrected chi connectivity index (χ2v) is 3.70. The Balaban J connectivity index is 2.04. The van der Waals surface area contributed by atoms with Crippen molar-refractivity contribution < 1.29 is 9.84 Å². The van der Waals surface area contributed by atoms with E-state index < -0.39 is 6.10 Å². The van der Waals surface area contributed by atoms with Gasteiger partial charge >= 0.3 is 0 Å². The number of aliphatic hydroxyl groups is 1. The molecule has 1 aliphatic rings. The molecule has 4 heteroatoms. The summed E-state index contributed by atoms with van der Waals surface area (Å²) in [5.41, 5.74) is 2.53. The molecule has 12 heavy (non-hydrogen) atoms. The van der Waals surface area contributed by atoms with Crippen molar-refractivity contribution in [3.63, 3.8) is 0 Å². The Labute approximate surface area is 75.0 Å². The van der Waals surface area contributed by atoms with Crippen LogP contribution in [0.1, 0.15) is 18.2 Å². The number of hydrogen-bond acceptors (Lipinski definition) is 4. The van der Waals surface area contributed by atoms with E-state index >= 15 is 0 Å². The molecule has 1 N–H and O–H groups in total. The summed E-state index contributed by atoms with van der Waals surface area (Å²) in [6.07, 6.45) is 0.511. The standard InChI is InChI=1S/C8H11NO2S/c10-8(6-1-2-11-3-6)7-4-12-5-9-7/h4-6,8,10H,1-3H2. The zero-order chi connectivity index (χ0) is 8.39. The second-order valence-electron chi connectivity index (χ2n) is 2.98. The molecule has 2 unspecified atom stereocenters. The molecule has 1 aromatic rings. The minimum atomic E-state index is -0.432. The summed E-state index contributed by atoms with van der Waals surface area (Å²) in [6, 6.07) is 0. The van der Waals surface area contributed by atoms with Crippen LogP contribution in [0.15, 0.2) is 10.9 Å². The Morgan fingerprint density at radius 2 is 2.67 bits per heavy atom. The fourth-order valence-electron chi connectivity index (χ4n) is 1.41. The fourth-order valence-corrected chi connectivity index (χ4v) is 1.99. The van der Waals surface area contributed by atoms with Gasteiger partial charge in [-0.3, -0.25) is 0 Å². The predicted octanol–water partition coefficient (Wildman–Crippen LogP) is 1.21. The third-order valence-corrected chi connectivity index (χ3v) is 2.77. The van der Waals surface area contributed by atoms with Crippen molar-refractivity contribution >= 4 is 11.3 Å². The molecule has 1 saturated heterocycles. The first-order valence-electron chi connectivity index (χ1n) is 4.02. The van der Waals surface area contributed by atoms with E-state index in [1.807, 2.05) is 5.38 Å². The summed E-state index contributed by atoms with van der Waals surface area (Å²) in [5, 5.41) is 11.7. The molecule has 0 amide bonds. The highest BCUT2D eigenvalue weighted by molar-refractivity contribution is 7.07. The maximum absolute atomic E-state index is 9.77. The first-order valence-corrected chi connectivity index (χ1v) is 4.96. The molecule has 0 radical (unpaired) electrons. The largest absolute Gasteiger partial charge is 0.386 e. The van der Waals surface area contributed by atoms with Gasteiger partial charge in [-0.15, -0.1) is 11.3 Å². The summed E-state index contributed by atoms with van der Waals surface area (Å²) < 4.78 is 5.19. The van der Waals surface area contributed by atoms with Crippen LogP contribution in [0.25, 0.3) is 0 Å². The first-order chi connectivity index (χ1) is 5.88. The van der Waals surface area contributed by atoms with E-state index in [4.69, 9.17) is 4.74 Å². The number of hydrogen-bond donors (Lipinski definition) is 1. The highest BCUT2D eigenvalue weighted by atomic mass is 32.1. The van der Waals surface area contributed by atoms with Gasteiger partial charge in [0.2, 0.25) is 0 Å². The van der Waals surface area contributed by atoms with Gasteiger partial charge in [0.25, 0.3) is 0 Å². The number of aliphatic hydroxyl groups excluding tert-OH is 1. The molecule has 66 valence electrons. The van der Waals surface area contributed by atoms with Gasteiger partial charge in [-0.1, -0.05) is 0 Å². The summed E-state index contributed by atoms with van der Waals surface area (Å²) in [6.45, 7) is 1.44. The lowest BCUT2D eigenvalue weighted by Crippen LogP contribution is -2.12. The maximum Gasteiger partial charge on any atom is 0.102 e. The Kier molecular flexibility index (Phi) is 2.39. The molecule has 0 spiro atoms. The molecular formula is C8H11NO2S. The SMILES string of the molecule is OC(c1cscn1)C1CCOC1. The molecule has 0 aromatic carbocycles. The third kappa shape index (κ3) is 1.50. The average Bonchev–Trinajstić information content (AvgIpc) is 2.77. The van der Waals surface area contributed by atoms with Gasteiger partial charge in [0.1, 0.15) is 6.10 Å². The van der Waals surface area contributed by atoms with E-state index in [2.05, 4.69) is 4.98 Å². The molecule has 2 rings (SSSR count). The van der Waals surface area contributed by atoms with E-state index in [9.17, 15) is 5.11 Å². The highest BCUT2D eigenvalue weighted by Gasteiger charge is 2.26. The van der Waals surface area contributed by atoms with Crippen LogP contribution in [0.4, 0.5) is 0 Å². The van der Waals surface area contributed by atoms with Gasteiger partial charge in [-0.2, -0.15) is 0 Å². The van der Waals surface area contributed by atoms with Crippen molar-refractivity contribution in [3.8, 4) is 0 Å². The van der Waals surface area contributed by atoms with Gasteiger partial charge in [-0.05, 0) is 6.42 Å². The van der Waals surface area contributed by atoms with Crippen molar-refractivity contribution in [2.24, 2.45) is 5.92 Å². The van der Waals surface area contributed by atoms with Crippen molar-refractivity contribution in [2.75, 3.05) is 13.2 Å². The summed E-state index contributed by atoms with van der Waals surface area (Å²) in [7, 11) is 0. The third-order valence-electron chi connectivity index (χ3n) is 2.17. The normalized spacial score (nSPS) is 25.9. The lowest BCUT2D eigenvalue weighted by Gasteiger charge is -2.13. The summed E-state index contributed by atoms with van der Waals surface area (Å²) in [4.78, 5) is 4.07. The van der Waals surface area contributed by atoms with E-state index in [1.165, 1.54) is 11.3 Å². The van der Waals surface area contributed by atoms with Crippen LogP contribution < -0.4 is 0 Å². The molecule has 1 aliphatic heterocycles. The highest BCUT2D eigenvalue weighted by Crippen LogP contribution is 2.27. The first kappa shape index (κ1) is 8.16. The van der Waals surface area contributed by atoms with Crippen LogP contribution in [-0.4, -0.2) is 23.3 Å². The van der Waals surface area contributed by atoms with Crippen molar-refractivity contribution in [3.05, 3.63) is 16.6 Å². The molecule has 3 nitrogen and oxygen atoms in total. The van der Waals surface area contributed by atoms with Crippen LogP contribution in [0.2, 0.25) is 0 Å². The van der Waals surface area contributed by atoms with E-state index in [1.54, 1.807) is 5.51 Å². The van der Waals surface area contributed by atoms with E-state index in [-0.39, 0.29) is 5.92 Å². The predicted molar refractivity (Wildman–Crippen MR) is 46.0 cm³/mol. The molecule has 0 bridgehead atoms. The number of aromatic nitrogens is 1. The summed E-state index contributed by atoms with van der Waals surface area (Å²) in [5.74, 6) is 0.243. The van der Waals surface area contributed by atoms with Gasteiger partial charge in [-0.25, -0.2) is 4.98 Å². The van der Waals surface area contributed by atoms with Crippen LogP contribution in [0, 0.1) is 5.92 Å². The molecular weight excluding hydrogens is 174 g/mol. The maximum atomic E-state index is 9.77. The number of ether oxygens (including phenoxy) is 1. The Hall–Kier alpha value is -0.450. The smallest absolute Gasteiger partial charge is 0.102 e. The van der Waals surface area contributed by atoms with Crippen LogP contribution in [0.5, 0.6) is 0 Å². The van der Waals surface area contributed by atoms with Gasteiger partial charge < -0.3 is 9.84 Å². The quantitative estimate of drug-likeness (QED) is 0.753. The fraction of sp³-hybridized carbons (Fsp3) is 0.625. The minimum absolute atomic E-state index is 0.243. The lowest BCUT2D eigenvalue weighted by molar-refractivity contribution is 0.0890. The van der Waals surface area contributed by atoms with Crippen LogP contribution >= 0.6 is 11.3 Å². The topological polar surface area (TPSA) is 42.4 Å². The Bertz CT molecular complexity index is 231. The number of thiazole rings is 1. The molecule has 2 atom stereocenters. The molecule has 2 heterocycles. The Morgan fingerprint density at radius 3 is 3.25 bits per heavy atom. The van der Waals surface area contributed by atoms with E-state index in [0.29, 0.717) is 6.61 Å². The zero-order valence-corrected chi connectivity index (χ0v) is 7.46. The van der Waals surface area contributed by atoms with Gasteiger partial charge in [0, 0.05) is 17.9 Å². The van der Waals surface area contributed by atoms with Crippen molar-refractivity contribution in [1.29, 1.82) is 0 Å². The van der Waals surface area contributed by atoms with E-state index in [0.717, 1.165) is 18.7 Å². The molecule has 0 saturated carbocycles. The van der Waals surface area contributed by atoms with Crippen molar-refractivity contribution in [1.82, 2.24) is 4.98 Å². The zero-order valence-electron chi connectivity index (χ0n) is 6.64. The average molecular weight is 185 g/mol. The number of nitrogens with zero attached hydrogens (tertiary/aromatic N) is 1. The molecule has 1 aromatic heterocycles. The van der Waals surface area contributed by atoms with Gasteiger partial charge in [0.15, 0.2) is 0 Å². The molecule has 0 aliphatic carbocycles. The Morgan fingerprint density at radius 1 is 1.75 bits per heavy atom.